The van der Waals surface area contributed by atoms with Crippen LogP contribution in [-0.4, -0.2) is 21.6 Å². The molecule has 3 aromatic carbocycles. The third kappa shape index (κ3) is 4.70. The van der Waals surface area contributed by atoms with Crippen LogP contribution >= 0.6 is 0 Å². The summed E-state index contributed by atoms with van der Waals surface area (Å²) < 4.78 is 1.56. The third-order valence-electron chi connectivity index (χ3n) is 4.86. The maximum Gasteiger partial charge on any atom is 0.256 e. The molecule has 0 radical (unpaired) electrons. The Morgan fingerprint density at radius 2 is 1.48 bits per heavy atom. The summed E-state index contributed by atoms with van der Waals surface area (Å²) in [4.78, 5) is 25.8. The van der Waals surface area contributed by atoms with Crippen molar-refractivity contribution in [1.29, 1.82) is 0 Å². The van der Waals surface area contributed by atoms with E-state index in [2.05, 4.69) is 15.7 Å². The second kappa shape index (κ2) is 9.09. The number of carbonyl (C=O) groups excluding carboxylic acids is 2. The Bertz CT molecular complexity index is 1180. The van der Waals surface area contributed by atoms with Crippen LogP contribution in [0.15, 0.2) is 91.1 Å². The molecule has 0 spiro atoms. The van der Waals surface area contributed by atoms with Crippen LogP contribution in [0.1, 0.15) is 31.8 Å². The molecule has 0 saturated heterocycles. The number of carbonyl (C=O) groups is 2. The lowest BCUT2D eigenvalue weighted by atomic mass is 10.1. The molecular formula is C25H22N4O2. The van der Waals surface area contributed by atoms with Crippen LogP contribution < -0.4 is 10.6 Å². The summed E-state index contributed by atoms with van der Waals surface area (Å²) in [7, 11) is 0. The smallest absolute Gasteiger partial charge is 0.256 e. The second-order valence-electron chi connectivity index (χ2n) is 7.14. The van der Waals surface area contributed by atoms with E-state index >= 15 is 0 Å². The van der Waals surface area contributed by atoms with Crippen LogP contribution in [-0.2, 0) is 6.54 Å². The Balaban J connectivity index is 1.63. The molecule has 0 bridgehead atoms. The van der Waals surface area contributed by atoms with Crippen molar-refractivity contribution in [2.45, 2.75) is 13.5 Å². The molecule has 0 aliphatic carbocycles. The molecule has 0 unspecified atom stereocenters. The Labute approximate surface area is 180 Å². The zero-order chi connectivity index (χ0) is 21.6. The molecule has 2 amide bonds. The molecule has 0 atom stereocenters. The van der Waals surface area contributed by atoms with Gasteiger partial charge in [0.05, 0.1) is 11.9 Å². The minimum Gasteiger partial charge on any atom is -0.348 e. The number of hydrogen-bond acceptors (Lipinski definition) is 3. The fourth-order valence-corrected chi connectivity index (χ4v) is 3.16. The van der Waals surface area contributed by atoms with Gasteiger partial charge in [-0.15, -0.1) is 0 Å². The van der Waals surface area contributed by atoms with E-state index in [1.807, 2.05) is 79.7 Å². The summed E-state index contributed by atoms with van der Waals surface area (Å²) in [5.74, 6) is -0.303. The van der Waals surface area contributed by atoms with E-state index in [4.69, 9.17) is 0 Å². The summed E-state index contributed by atoms with van der Waals surface area (Å²) >= 11 is 0. The molecule has 6 heteroatoms. The van der Waals surface area contributed by atoms with Crippen molar-refractivity contribution < 1.29 is 9.59 Å². The van der Waals surface area contributed by atoms with Crippen molar-refractivity contribution in [3.63, 3.8) is 0 Å². The Morgan fingerprint density at radius 3 is 2.16 bits per heavy atom. The number of hydrogen-bond donors (Lipinski definition) is 2. The van der Waals surface area contributed by atoms with E-state index in [0.717, 1.165) is 16.8 Å². The Kier molecular flexibility index (Phi) is 5.89. The first kappa shape index (κ1) is 20.1. The van der Waals surface area contributed by atoms with E-state index in [9.17, 15) is 9.59 Å². The van der Waals surface area contributed by atoms with E-state index in [1.54, 1.807) is 16.8 Å². The summed E-state index contributed by atoms with van der Waals surface area (Å²) in [5.41, 5.74) is 3.58. The molecule has 6 nitrogen and oxygen atoms in total. The van der Waals surface area contributed by atoms with Crippen LogP contribution in [0.25, 0.3) is 5.69 Å². The molecule has 154 valence electrons. The predicted molar refractivity (Wildman–Crippen MR) is 120 cm³/mol. The number of nitrogens with one attached hydrogen (secondary N) is 2. The van der Waals surface area contributed by atoms with Gasteiger partial charge in [-0.05, 0) is 36.8 Å². The van der Waals surface area contributed by atoms with Crippen LogP contribution in [0.2, 0.25) is 0 Å². The molecule has 0 aliphatic heterocycles. The standard InChI is InChI=1S/C25H22N4O2/c1-18-12-14-20(15-13-18)24(30)28-23-22(17-27-29(23)21-10-6-3-7-11-21)25(31)26-16-19-8-4-2-5-9-19/h2-15,17H,16H2,1H3,(H,26,31)(H,28,30). The number of amides is 2. The van der Waals surface area contributed by atoms with Crippen molar-refractivity contribution in [1.82, 2.24) is 15.1 Å². The van der Waals surface area contributed by atoms with Gasteiger partial charge in [-0.2, -0.15) is 5.10 Å². The molecule has 4 rings (SSSR count). The van der Waals surface area contributed by atoms with Crippen molar-refractivity contribution >= 4 is 17.6 Å². The fraction of sp³-hybridized carbons (Fsp3) is 0.0800. The van der Waals surface area contributed by atoms with Crippen molar-refractivity contribution in [2.24, 2.45) is 0 Å². The first-order chi connectivity index (χ1) is 15.1. The quantitative estimate of drug-likeness (QED) is 0.496. The van der Waals surface area contributed by atoms with Gasteiger partial charge in [-0.1, -0.05) is 66.2 Å². The number of anilines is 1. The number of nitrogens with zero attached hydrogens (tertiary/aromatic N) is 2. The van der Waals surface area contributed by atoms with Crippen LogP contribution in [0.4, 0.5) is 5.82 Å². The van der Waals surface area contributed by atoms with Crippen LogP contribution in [0.3, 0.4) is 0 Å². The number of aromatic nitrogens is 2. The fourth-order valence-electron chi connectivity index (χ4n) is 3.16. The van der Waals surface area contributed by atoms with Gasteiger partial charge in [0.15, 0.2) is 0 Å². The van der Waals surface area contributed by atoms with Gasteiger partial charge in [0.2, 0.25) is 0 Å². The molecule has 1 aromatic heterocycles. The molecule has 31 heavy (non-hydrogen) atoms. The third-order valence-corrected chi connectivity index (χ3v) is 4.86. The number of aryl methyl sites for hydroxylation is 1. The molecule has 0 saturated carbocycles. The molecule has 4 aromatic rings. The molecule has 1 heterocycles. The Hall–Kier alpha value is -4.19. The zero-order valence-electron chi connectivity index (χ0n) is 17.1. The number of para-hydroxylation sites is 1. The van der Waals surface area contributed by atoms with Gasteiger partial charge < -0.3 is 10.6 Å². The lowest BCUT2D eigenvalue weighted by molar-refractivity contribution is 0.0952. The Morgan fingerprint density at radius 1 is 0.839 bits per heavy atom. The second-order valence-corrected chi connectivity index (χ2v) is 7.14. The lowest BCUT2D eigenvalue weighted by Crippen LogP contribution is -2.25. The summed E-state index contributed by atoms with van der Waals surface area (Å²) in [6, 6.07) is 26.3. The average Bonchev–Trinajstić information content (AvgIpc) is 3.22. The first-order valence-electron chi connectivity index (χ1n) is 9.95. The highest BCUT2D eigenvalue weighted by atomic mass is 16.2. The SMILES string of the molecule is Cc1ccc(C(=O)Nc2c(C(=O)NCc3ccccc3)cnn2-c2ccccc2)cc1. The molecule has 2 N–H and O–H groups in total. The first-order valence-corrected chi connectivity index (χ1v) is 9.95. The van der Waals surface area contributed by atoms with Gasteiger partial charge in [-0.3, -0.25) is 9.59 Å². The largest absolute Gasteiger partial charge is 0.348 e. The van der Waals surface area contributed by atoms with Gasteiger partial charge >= 0.3 is 0 Å². The van der Waals surface area contributed by atoms with Crippen molar-refractivity contribution in [3.05, 3.63) is 113 Å². The maximum absolute atomic E-state index is 12.9. The zero-order valence-corrected chi connectivity index (χ0v) is 17.1. The molecule has 0 fully saturated rings. The summed E-state index contributed by atoms with van der Waals surface area (Å²) in [5, 5.41) is 10.1. The van der Waals surface area contributed by atoms with Crippen molar-refractivity contribution in [3.8, 4) is 5.69 Å². The van der Waals surface area contributed by atoms with Crippen molar-refractivity contribution in [2.75, 3.05) is 5.32 Å². The maximum atomic E-state index is 12.9. The lowest BCUT2D eigenvalue weighted by Gasteiger charge is -2.12. The number of benzene rings is 3. The highest BCUT2D eigenvalue weighted by Gasteiger charge is 2.21. The normalized spacial score (nSPS) is 10.5. The van der Waals surface area contributed by atoms with E-state index in [1.165, 1.54) is 6.20 Å². The van der Waals surface area contributed by atoms with E-state index in [-0.39, 0.29) is 11.8 Å². The molecule has 0 aliphatic rings. The van der Waals surface area contributed by atoms with E-state index < -0.39 is 0 Å². The summed E-state index contributed by atoms with van der Waals surface area (Å²) in [6.45, 7) is 2.34. The predicted octanol–water partition coefficient (Wildman–Crippen LogP) is 4.36. The monoisotopic (exact) mass is 410 g/mol. The van der Waals surface area contributed by atoms with Gasteiger partial charge in [-0.25, -0.2) is 4.68 Å². The topological polar surface area (TPSA) is 76.0 Å². The van der Waals surface area contributed by atoms with Crippen LogP contribution in [0, 0.1) is 6.92 Å². The average molecular weight is 410 g/mol. The highest BCUT2D eigenvalue weighted by Crippen LogP contribution is 2.21. The number of rotatable bonds is 6. The minimum absolute atomic E-state index is 0.292. The molecular weight excluding hydrogens is 388 g/mol. The van der Waals surface area contributed by atoms with Gasteiger partial charge in [0, 0.05) is 12.1 Å². The van der Waals surface area contributed by atoms with Gasteiger partial charge in [0.1, 0.15) is 11.4 Å². The van der Waals surface area contributed by atoms with Crippen LogP contribution in [0.5, 0.6) is 0 Å². The van der Waals surface area contributed by atoms with E-state index in [0.29, 0.717) is 23.5 Å². The minimum atomic E-state index is -0.315. The van der Waals surface area contributed by atoms with Gasteiger partial charge in [0.25, 0.3) is 11.8 Å². The highest BCUT2D eigenvalue weighted by molar-refractivity contribution is 6.08. The summed E-state index contributed by atoms with van der Waals surface area (Å²) in [6.07, 6.45) is 1.47.